The minimum atomic E-state index is -1.58. The lowest BCUT2D eigenvalue weighted by molar-refractivity contribution is 0.607. The summed E-state index contributed by atoms with van der Waals surface area (Å²) in [6.07, 6.45) is 18.3. The van der Waals surface area contributed by atoms with Crippen LogP contribution in [-0.4, -0.2) is 8.07 Å². The summed E-state index contributed by atoms with van der Waals surface area (Å²) < 4.78 is 0. The summed E-state index contributed by atoms with van der Waals surface area (Å²) in [6, 6.07) is 36.7. The van der Waals surface area contributed by atoms with Crippen LogP contribution in [0.15, 0.2) is 97.1 Å². The SMILES string of the molecule is CCCCCCCCc1ccc(N(c2ccc(CCCCCCCC)cc2)c2c3ccccc3c(C#C[Si](C)(C)C)c3ccccc23)cc1. The van der Waals surface area contributed by atoms with Crippen LogP contribution in [0.1, 0.15) is 108 Å². The first-order valence-electron chi connectivity index (χ1n) is 19.3. The molecule has 0 aliphatic heterocycles. The summed E-state index contributed by atoms with van der Waals surface area (Å²) in [7, 11) is -1.58. The van der Waals surface area contributed by atoms with Crippen molar-refractivity contribution in [1.29, 1.82) is 0 Å². The van der Waals surface area contributed by atoms with E-state index in [9.17, 15) is 0 Å². The van der Waals surface area contributed by atoms with Gasteiger partial charge in [0.2, 0.25) is 0 Å². The smallest absolute Gasteiger partial charge is 0.129 e. The maximum absolute atomic E-state index is 3.70. The van der Waals surface area contributed by atoms with Crippen LogP contribution in [0.4, 0.5) is 17.1 Å². The number of hydrogen-bond donors (Lipinski definition) is 0. The van der Waals surface area contributed by atoms with Gasteiger partial charge in [-0.25, -0.2) is 0 Å². The summed E-state index contributed by atoms with van der Waals surface area (Å²) in [6.45, 7) is 11.6. The van der Waals surface area contributed by atoms with E-state index in [1.807, 2.05) is 0 Å². The fourth-order valence-electron chi connectivity index (χ4n) is 6.98. The Morgan fingerprint density at radius 2 is 0.857 bits per heavy atom. The third kappa shape index (κ3) is 10.1. The molecule has 5 rings (SSSR count). The van der Waals surface area contributed by atoms with Crippen LogP contribution in [0.5, 0.6) is 0 Å². The zero-order chi connectivity index (χ0) is 34.5. The molecule has 0 radical (unpaired) electrons. The number of nitrogens with zero attached hydrogens (tertiary/aromatic N) is 1. The molecule has 0 aromatic heterocycles. The monoisotopic (exact) mass is 665 g/mol. The highest BCUT2D eigenvalue weighted by molar-refractivity contribution is 6.83. The molecule has 0 N–H and O–H groups in total. The highest BCUT2D eigenvalue weighted by Crippen LogP contribution is 2.45. The summed E-state index contributed by atoms with van der Waals surface area (Å²) in [5.74, 6) is 3.70. The number of fused-ring (bicyclic) bond motifs is 2. The van der Waals surface area contributed by atoms with Crippen molar-refractivity contribution < 1.29 is 0 Å². The maximum atomic E-state index is 3.70. The summed E-state index contributed by atoms with van der Waals surface area (Å²) in [5.41, 5.74) is 11.3. The van der Waals surface area contributed by atoms with Crippen molar-refractivity contribution in [2.75, 3.05) is 4.90 Å². The first-order chi connectivity index (χ1) is 23.9. The normalized spacial score (nSPS) is 11.5. The Bertz CT molecular complexity index is 1700. The Kier molecular flexibility index (Phi) is 13.6. The van der Waals surface area contributed by atoms with Gasteiger partial charge in [-0.2, -0.15) is 0 Å². The average molecular weight is 666 g/mol. The second kappa shape index (κ2) is 18.3. The highest BCUT2D eigenvalue weighted by atomic mass is 28.3. The lowest BCUT2D eigenvalue weighted by Gasteiger charge is -2.29. The molecule has 1 nitrogen and oxygen atoms in total. The number of anilines is 3. The second-order valence-corrected chi connectivity index (χ2v) is 19.8. The minimum absolute atomic E-state index is 1.15. The van der Waals surface area contributed by atoms with Crippen molar-refractivity contribution >= 4 is 46.7 Å². The molecule has 256 valence electrons. The highest BCUT2D eigenvalue weighted by Gasteiger charge is 2.21. The van der Waals surface area contributed by atoms with Gasteiger partial charge in [-0.05, 0) is 61.1 Å². The lowest BCUT2D eigenvalue weighted by atomic mass is 9.93. The van der Waals surface area contributed by atoms with Gasteiger partial charge < -0.3 is 4.90 Å². The van der Waals surface area contributed by atoms with Crippen LogP contribution >= 0.6 is 0 Å². The third-order valence-electron chi connectivity index (χ3n) is 9.72. The Balaban J connectivity index is 1.56. The minimum Gasteiger partial charge on any atom is -0.309 e. The van der Waals surface area contributed by atoms with Gasteiger partial charge in [0.1, 0.15) is 8.07 Å². The van der Waals surface area contributed by atoms with Gasteiger partial charge in [0.05, 0.1) is 5.69 Å². The number of unbranched alkanes of at least 4 members (excludes halogenated alkanes) is 10. The van der Waals surface area contributed by atoms with E-state index in [4.69, 9.17) is 0 Å². The van der Waals surface area contributed by atoms with Gasteiger partial charge in [0.15, 0.2) is 0 Å². The Labute approximate surface area is 299 Å². The van der Waals surface area contributed by atoms with E-state index in [1.54, 1.807) is 0 Å². The van der Waals surface area contributed by atoms with Gasteiger partial charge in [-0.3, -0.25) is 0 Å². The largest absolute Gasteiger partial charge is 0.309 e. The van der Waals surface area contributed by atoms with Crippen molar-refractivity contribution in [3.05, 3.63) is 114 Å². The van der Waals surface area contributed by atoms with Gasteiger partial charge in [0.25, 0.3) is 0 Å². The zero-order valence-electron chi connectivity index (χ0n) is 31.1. The van der Waals surface area contributed by atoms with E-state index in [2.05, 4.69) is 147 Å². The van der Waals surface area contributed by atoms with Gasteiger partial charge in [-0.1, -0.05) is 176 Å². The molecule has 0 spiro atoms. The number of benzene rings is 5. The summed E-state index contributed by atoms with van der Waals surface area (Å²) in [5, 5.41) is 4.94. The van der Waals surface area contributed by atoms with Crippen LogP contribution in [0, 0.1) is 11.5 Å². The summed E-state index contributed by atoms with van der Waals surface area (Å²) >= 11 is 0. The van der Waals surface area contributed by atoms with Crippen LogP contribution < -0.4 is 4.90 Å². The van der Waals surface area contributed by atoms with Crippen LogP contribution in [0.25, 0.3) is 21.5 Å². The standard InChI is InChI=1S/C47H59NSi/c1-6-8-10-12-14-16-22-38-28-32-40(33-29-38)48(41-34-30-39(31-35-41)23-17-15-13-11-9-7-2)47-45-26-20-18-24-42(45)44(36-37-49(3,4)5)43-25-19-21-27-46(43)47/h18-21,24-35H,6-17,22-23H2,1-5H3. The van der Waals surface area contributed by atoms with Crippen molar-refractivity contribution in [1.82, 2.24) is 0 Å². The van der Waals surface area contributed by atoms with E-state index in [0.717, 1.165) is 18.4 Å². The van der Waals surface area contributed by atoms with Crippen molar-refractivity contribution in [2.24, 2.45) is 0 Å². The Hall–Kier alpha value is -3.80. The fourth-order valence-corrected chi connectivity index (χ4v) is 7.48. The maximum Gasteiger partial charge on any atom is 0.129 e. The number of rotatable bonds is 17. The molecule has 0 aliphatic carbocycles. The number of aryl methyl sites for hydroxylation is 2. The third-order valence-corrected chi connectivity index (χ3v) is 10.6. The first kappa shape index (κ1) is 36.5. The quantitative estimate of drug-likeness (QED) is 0.0413. The van der Waals surface area contributed by atoms with E-state index < -0.39 is 8.07 Å². The molecule has 0 amide bonds. The van der Waals surface area contributed by atoms with Crippen molar-refractivity contribution in [2.45, 2.75) is 123 Å². The predicted octanol–water partition coefficient (Wildman–Crippen LogP) is 14.5. The van der Waals surface area contributed by atoms with E-state index in [1.165, 1.54) is 127 Å². The van der Waals surface area contributed by atoms with E-state index in [-0.39, 0.29) is 0 Å². The molecule has 5 aromatic rings. The average Bonchev–Trinajstić information content (AvgIpc) is 3.11. The predicted molar refractivity (Wildman–Crippen MR) is 221 cm³/mol. The lowest BCUT2D eigenvalue weighted by Crippen LogP contribution is -2.16. The van der Waals surface area contributed by atoms with Gasteiger partial charge >= 0.3 is 0 Å². The van der Waals surface area contributed by atoms with E-state index in [0.29, 0.717) is 0 Å². The van der Waals surface area contributed by atoms with Crippen molar-refractivity contribution in [3.8, 4) is 11.5 Å². The molecule has 0 saturated carbocycles. The summed E-state index contributed by atoms with van der Waals surface area (Å²) in [4.78, 5) is 2.50. The molecule has 0 heterocycles. The van der Waals surface area contributed by atoms with Gasteiger partial charge in [0, 0.05) is 38.5 Å². The molecule has 0 saturated heterocycles. The molecule has 0 unspecified atom stereocenters. The molecule has 2 heteroatoms. The molecule has 0 aliphatic rings. The molecule has 0 bridgehead atoms. The topological polar surface area (TPSA) is 3.24 Å². The number of hydrogen-bond acceptors (Lipinski definition) is 1. The van der Waals surface area contributed by atoms with Crippen molar-refractivity contribution in [3.63, 3.8) is 0 Å². The van der Waals surface area contributed by atoms with E-state index >= 15 is 0 Å². The Morgan fingerprint density at radius 3 is 1.27 bits per heavy atom. The molecule has 5 aromatic carbocycles. The van der Waals surface area contributed by atoms with Crippen LogP contribution in [0.3, 0.4) is 0 Å². The zero-order valence-corrected chi connectivity index (χ0v) is 32.1. The molecular formula is C47H59NSi. The second-order valence-electron chi connectivity index (χ2n) is 15.0. The van der Waals surface area contributed by atoms with Gasteiger partial charge in [-0.15, -0.1) is 5.54 Å². The first-order valence-corrected chi connectivity index (χ1v) is 22.8. The molecule has 49 heavy (non-hydrogen) atoms. The van der Waals surface area contributed by atoms with Crippen LogP contribution in [0.2, 0.25) is 19.6 Å². The van der Waals surface area contributed by atoms with Crippen LogP contribution in [-0.2, 0) is 12.8 Å². The fraction of sp³-hybridized carbons (Fsp3) is 0.404. The molecule has 0 fully saturated rings. The molecular weight excluding hydrogens is 607 g/mol. The Morgan fingerprint density at radius 1 is 0.469 bits per heavy atom. The molecule has 0 atom stereocenters.